The predicted octanol–water partition coefficient (Wildman–Crippen LogP) is 2.82. The maximum atomic E-state index is 11.9. The van der Waals surface area contributed by atoms with Gasteiger partial charge in [0.1, 0.15) is 0 Å². The molecule has 0 radical (unpaired) electrons. The van der Waals surface area contributed by atoms with Crippen molar-refractivity contribution in [3.8, 4) is 0 Å². The first-order chi connectivity index (χ1) is 9.70. The molecule has 0 aromatic carbocycles. The predicted molar refractivity (Wildman–Crippen MR) is 78.9 cm³/mol. The minimum atomic E-state index is 0.0534. The molecule has 1 aromatic rings. The fraction of sp³-hybridized carbons (Fsp3) is 0.643. The number of unbranched alkanes of at least 4 members (excludes halogenated alkanes) is 1. The van der Waals surface area contributed by atoms with E-state index in [1.807, 2.05) is 11.0 Å². The average Bonchev–Trinajstić information content (AvgIpc) is 2.47. The third-order valence-electron chi connectivity index (χ3n) is 3.65. The molecular formula is C14H21ClN4O. The molecule has 0 aliphatic carbocycles. The highest BCUT2D eigenvalue weighted by molar-refractivity contribution is 6.28. The second-order valence-corrected chi connectivity index (χ2v) is 5.44. The normalized spacial score (nSPS) is 16.2. The third-order valence-corrected chi connectivity index (χ3v) is 3.84. The summed E-state index contributed by atoms with van der Waals surface area (Å²) in [6.45, 7) is 4.41. The van der Waals surface area contributed by atoms with E-state index in [1.54, 1.807) is 6.20 Å². The minimum absolute atomic E-state index is 0.0534. The number of rotatable bonds is 4. The SMILES string of the molecule is CCCCNC(=O)N1CCC(c2ccnc(Cl)n2)CC1. The summed E-state index contributed by atoms with van der Waals surface area (Å²) in [4.78, 5) is 22.0. The van der Waals surface area contributed by atoms with E-state index in [0.29, 0.717) is 11.2 Å². The summed E-state index contributed by atoms with van der Waals surface area (Å²) in [7, 11) is 0. The number of hydrogen-bond donors (Lipinski definition) is 1. The Labute approximate surface area is 124 Å². The van der Waals surface area contributed by atoms with Crippen LogP contribution >= 0.6 is 11.6 Å². The van der Waals surface area contributed by atoms with Gasteiger partial charge in [0.2, 0.25) is 5.28 Å². The number of urea groups is 1. The number of likely N-dealkylation sites (tertiary alicyclic amines) is 1. The zero-order chi connectivity index (χ0) is 14.4. The van der Waals surface area contributed by atoms with Crippen LogP contribution in [0, 0.1) is 0 Å². The molecule has 1 saturated heterocycles. The average molecular weight is 297 g/mol. The summed E-state index contributed by atoms with van der Waals surface area (Å²) in [5, 5.41) is 3.25. The zero-order valence-electron chi connectivity index (χ0n) is 11.8. The van der Waals surface area contributed by atoms with Crippen LogP contribution < -0.4 is 5.32 Å². The van der Waals surface area contributed by atoms with Gasteiger partial charge in [-0.1, -0.05) is 13.3 Å². The molecule has 0 bridgehead atoms. The van der Waals surface area contributed by atoms with E-state index in [0.717, 1.165) is 51.0 Å². The zero-order valence-corrected chi connectivity index (χ0v) is 12.6. The molecular weight excluding hydrogens is 276 g/mol. The number of carbonyl (C=O) groups is 1. The molecule has 2 rings (SSSR count). The minimum Gasteiger partial charge on any atom is -0.338 e. The topological polar surface area (TPSA) is 58.1 Å². The fourth-order valence-corrected chi connectivity index (χ4v) is 2.59. The molecule has 0 spiro atoms. The van der Waals surface area contributed by atoms with Crippen LogP contribution in [-0.4, -0.2) is 40.5 Å². The summed E-state index contributed by atoms with van der Waals surface area (Å²) in [5.74, 6) is 0.371. The summed E-state index contributed by atoms with van der Waals surface area (Å²) >= 11 is 5.82. The van der Waals surface area contributed by atoms with Crippen molar-refractivity contribution in [2.75, 3.05) is 19.6 Å². The van der Waals surface area contributed by atoms with Gasteiger partial charge in [0.15, 0.2) is 0 Å². The lowest BCUT2D eigenvalue weighted by molar-refractivity contribution is 0.181. The molecule has 0 atom stereocenters. The van der Waals surface area contributed by atoms with E-state index >= 15 is 0 Å². The second kappa shape index (κ2) is 7.43. The lowest BCUT2D eigenvalue weighted by Gasteiger charge is -2.31. The Bertz CT molecular complexity index is 447. The van der Waals surface area contributed by atoms with E-state index in [-0.39, 0.29) is 6.03 Å². The van der Waals surface area contributed by atoms with Gasteiger partial charge in [0.25, 0.3) is 0 Å². The summed E-state index contributed by atoms with van der Waals surface area (Å²) < 4.78 is 0. The van der Waals surface area contributed by atoms with Crippen molar-refractivity contribution < 1.29 is 4.79 Å². The maximum absolute atomic E-state index is 11.9. The van der Waals surface area contributed by atoms with Crippen molar-refractivity contribution in [3.63, 3.8) is 0 Å². The number of nitrogens with zero attached hydrogens (tertiary/aromatic N) is 3. The largest absolute Gasteiger partial charge is 0.338 e. The van der Waals surface area contributed by atoms with E-state index < -0.39 is 0 Å². The van der Waals surface area contributed by atoms with Crippen LogP contribution in [0.4, 0.5) is 4.79 Å². The number of amides is 2. The summed E-state index contributed by atoms with van der Waals surface area (Å²) in [6.07, 6.45) is 5.66. The van der Waals surface area contributed by atoms with Gasteiger partial charge in [0.05, 0.1) is 0 Å². The molecule has 1 aliphatic rings. The second-order valence-electron chi connectivity index (χ2n) is 5.10. The lowest BCUT2D eigenvalue weighted by atomic mass is 9.93. The molecule has 0 unspecified atom stereocenters. The van der Waals surface area contributed by atoms with Crippen molar-refractivity contribution in [2.45, 2.75) is 38.5 Å². The summed E-state index contributed by atoms with van der Waals surface area (Å²) in [6, 6.07) is 1.96. The smallest absolute Gasteiger partial charge is 0.317 e. The first kappa shape index (κ1) is 15.0. The number of carbonyl (C=O) groups excluding carboxylic acids is 1. The highest BCUT2D eigenvalue weighted by atomic mass is 35.5. The Morgan fingerprint density at radius 2 is 2.25 bits per heavy atom. The Hall–Kier alpha value is -1.36. The molecule has 5 nitrogen and oxygen atoms in total. The van der Waals surface area contributed by atoms with E-state index in [2.05, 4.69) is 22.2 Å². The molecule has 1 fully saturated rings. The highest BCUT2D eigenvalue weighted by Gasteiger charge is 2.24. The van der Waals surface area contributed by atoms with Crippen LogP contribution in [0.15, 0.2) is 12.3 Å². The van der Waals surface area contributed by atoms with Crippen LogP contribution in [0.3, 0.4) is 0 Å². The standard InChI is InChI=1S/C14H21ClN4O/c1-2-3-7-17-14(20)19-9-5-11(6-10-19)12-4-8-16-13(15)18-12/h4,8,11H,2-3,5-7,9-10H2,1H3,(H,17,20). The molecule has 0 saturated carbocycles. The van der Waals surface area contributed by atoms with Crippen molar-refractivity contribution in [2.24, 2.45) is 0 Å². The molecule has 1 N–H and O–H groups in total. The van der Waals surface area contributed by atoms with Gasteiger partial charge in [-0.05, 0) is 36.9 Å². The Morgan fingerprint density at radius 1 is 1.50 bits per heavy atom. The van der Waals surface area contributed by atoms with Gasteiger partial charge in [-0.2, -0.15) is 0 Å². The third kappa shape index (κ3) is 4.07. The fourth-order valence-electron chi connectivity index (χ4n) is 2.44. The van der Waals surface area contributed by atoms with Gasteiger partial charge in [-0.25, -0.2) is 14.8 Å². The van der Waals surface area contributed by atoms with E-state index in [9.17, 15) is 4.79 Å². The van der Waals surface area contributed by atoms with E-state index in [1.165, 1.54) is 0 Å². The van der Waals surface area contributed by atoms with Crippen molar-refractivity contribution in [3.05, 3.63) is 23.2 Å². The van der Waals surface area contributed by atoms with Crippen molar-refractivity contribution >= 4 is 17.6 Å². The molecule has 110 valence electrons. The summed E-state index contributed by atoms with van der Waals surface area (Å²) in [5.41, 5.74) is 0.982. The van der Waals surface area contributed by atoms with Gasteiger partial charge >= 0.3 is 6.03 Å². The van der Waals surface area contributed by atoms with Gasteiger partial charge < -0.3 is 10.2 Å². The Kier molecular flexibility index (Phi) is 5.59. The van der Waals surface area contributed by atoms with Crippen LogP contribution in [0.2, 0.25) is 5.28 Å². The number of nitrogens with one attached hydrogen (secondary N) is 1. The molecule has 20 heavy (non-hydrogen) atoms. The van der Waals surface area contributed by atoms with Gasteiger partial charge in [0, 0.05) is 37.4 Å². The van der Waals surface area contributed by atoms with Crippen LogP contribution in [-0.2, 0) is 0 Å². The molecule has 1 aromatic heterocycles. The Morgan fingerprint density at radius 3 is 2.90 bits per heavy atom. The lowest BCUT2D eigenvalue weighted by Crippen LogP contribution is -2.44. The number of hydrogen-bond acceptors (Lipinski definition) is 3. The quantitative estimate of drug-likeness (QED) is 0.686. The van der Waals surface area contributed by atoms with Gasteiger partial charge in [-0.15, -0.1) is 0 Å². The number of aromatic nitrogens is 2. The number of piperidine rings is 1. The molecule has 1 aliphatic heterocycles. The van der Waals surface area contributed by atoms with Gasteiger partial charge in [-0.3, -0.25) is 0 Å². The van der Waals surface area contributed by atoms with E-state index in [4.69, 9.17) is 11.6 Å². The molecule has 6 heteroatoms. The van der Waals surface area contributed by atoms with Crippen molar-refractivity contribution in [1.29, 1.82) is 0 Å². The van der Waals surface area contributed by atoms with Crippen LogP contribution in [0.1, 0.15) is 44.2 Å². The molecule has 2 amide bonds. The van der Waals surface area contributed by atoms with Crippen LogP contribution in [0.5, 0.6) is 0 Å². The number of halogens is 1. The maximum Gasteiger partial charge on any atom is 0.317 e. The Balaban J connectivity index is 1.81. The van der Waals surface area contributed by atoms with Crippen molar-refractivity contribution in [1.82, 2.24) is 20.2 Å². The van der Waals surface area contributed by atoms with Crippen LogP contribution in [0.25, 0.3) is 0 Å². The molecule has 2 heterocycles. The first-order valence-corrected chi connectivity index (χ1v) is 7.59. The highest BCUT2D eigenvalue weighted by Crippen LogP contribution is 2.26. The first-order valence-electron chi connectivity index (χ1n) is 7.22. The monoisotopic (exact) mass is 296 g/mol.